The van der Waals surface area contributed by atoms with E-state index in [0.29, 0.717) is 12.2 Å². The Morgan fingerprint density at radius 1 is 1.19 bits per heavy atom. The van der Waals surface area contributed by atoms with E-state index in [1.807, 2.05) is 17.5 Å². The van der Waals surface area contributed by atoms with Gasteiger partial charge in [-0.05, 0) is 12.1 Å². The number of rotatable bonds is 4. The van der Waals surface area contributed by atoms with Crippen molar-refractivity contribution in [1.29, 1.82) is 0 Å². The molecule has 0 aromatic carbocycles. The Morgan fingerprint density at radius 2 is 2.10 bits per heavy atom. The number of nitrogens with one attached hydrogen (secondary N) is 1. The lowest BCUT2D eigenvalue weighted by Crippen LogP contribution is -2.24. The fourth-order valence-electron chi connectivity index (χ4n) is 1.69. The van der Waals surface area contributed by atoms with Crippen LogP contribution < -0.4 is 5.32 Å². The van der Waals surface area contributed by atoms with Crippen molar-refractivity contribution in [3.8, 4) is 10.6 Å². The maximum Gasteiger partial charge on any atom is 0.271 e. The molecule has 3 aromatic rings. The molecule has 3 rings (SSSR count). The van der Waals surface area contributed by atoms with Crippen molar-refractivity contribution >= 4 is 17.2 Å². The molecule has 1 amide bonds. The van der Waals surface area contributed by atoms with Gasteiger partial charge in [-0.1, -0.05) is 0 Å². The fourth-order valence-corrected chi connectivity index (χ4v) is 2.50. The summed E-state index contributed by atoms with van der Waals surface area (Å²) < 4.78 is 0. The van der Waals surface area contributed by atoms with Gasteiger partial charge in [0.2, 0.25) is 0 Å². The number of pyridine rings is 1. The molecule has 0 fully saturated rings. The lowest BCUT2D eigenvalue weighted by atomic mass is 10.3. The Morgan fingerprint density at radius 3 is 2.86 bits per heavy atom. The summed E-state index contributed by atoms with van der Waals surface area (Å²) in [5, 5.41) is 5.56. The molecule has 1 N–H and O–H groups in total. The van der Waals surface area contributed by atoms with E-state index in [2.05, 4.69) is 25.3 Å². The predicted octanol–water partition coefficient (Wildman–Crippen LogP) is 1.93. The molecule has 6 nitrogen and oxygen atoms in total. The number of carbonyl (C=O) groups is 1. The molecule has 3 aromatic heterocycles. The van der Waals surface area contributed by atoms with E-state index >= 15 is 0 Å². The van der Waals surface area contributed by atoms with Gasteiger partial charge in [0.25, 0.3) is 5.91 Å². The van der Waals surface area contributed by atoms with E-state index in [9.17, 15) is 4.79 Å². The van der Waals surface area contributed by atoms with Crippen LogP contribution in [0.4, 0.5) is 0 Å². The number of nitrogens with zero attached hydrogens (tertiary/aromatic N) is 4. The molecule has 21 heavy (non-hydrogen) atoms. The van der Waals surface area contributed by atoms with Crippen molar-refractivity contribution in [2.24, 2.45) is 0 Å². The summed E-state index contributed by atoms with van der Waals surface area (Å²) in [6, 6.07) is 3.82. The van der Waals surface area contributed by atoms with E-state index in [4.69, 9.17) is 0 Å². The summed E-state index contributed by atoms with van der Waals surface area (Å²) in [5.41, 5.74) is 2.06. The van der Waals surface area contributed by atoms with Crippen molar-refractivity contribution in [3.63, 3.8) is 0 Å². The molecule has 0 aliphatic carbocycles. The van der Waals surface area contributed by atoms with Gasteiger partial charge in [-0.25, -0.2) is 9.97 Å². The van der Waals surface area contributed by atoms with Gasteiger partial charge in [0, 0.05) is 35.7 Å². The zero-order valence-electron chi connectivity index (χ0n) is 10.9. The van der Waals surface area contributed by atoms with Crippen LogP contribution in [-0.4, -0.2) is 25.8 Å². The Labute approximate surface area is 125 Å². The number of hydrogen-bond acceptors (Lipinski definition) is 6. The molecular formula is C14H11N5OS. The highest BCUT2D eigenvalue weighted by Crippen LogP contribution is 2.22. The van der Waals surface area contributed by atoms with Gasteiger partial charge in [-0.2, -0.15) is 0 Å². The summed E-state index contributed by atoms with van der Waals surface area (Å²) in [5.74, 6) is -0.265. The van der Waals surface area contributed by atoms with E-state index in [1.165, 1.54) is 29.9 Å². The summed E-state index contributed by atoms with van der Waals surface area (Å²) >= 11 is 1.52. The van der Waals surface area contributed by atoms with E-state index < -0.39 is 0 Å². The average Bonchev–Trinajstić information content (AvgIpc) is 3.03. The number of aromatic nitrogens is 4. The molecular weight excluding hydrogens is 286 g/mol. The minimum atomic E-state index is -0.265. The third kappa shape index (κ3) is 3.26. The Hall–Kier alpha value is -2.67. The van der Waals surface area contributed by atoms with Crippen LogP contribution in [0.3, 0.4) is 0 Å². The van der Waals surface area contributed by atoms with Crippen LogP contribution in [-0.2, 0) is 6.54 Å². The first-order valence-electron chi connectivity index (χ1n) is 6.22. The van der Waals surface area contributed by atoms with Crippen LogP contribution >= 0.6 is 11.3 Å². The zero-order chi connectivity index (χ0) is 14.5. The molecule has 104 valence electrons. The number of carbonyl (C=O) groups excluding carboxylic acids is 1. The molecule has 0 saturated carbocycles. The van der Waals surface area contributed by atoms with Gasteiger partial charge in [-0.3, -0.25) is 14.8 Å². The third-order valence-corrected chi connectivity index (χ3v) is 3.63. The smallest absolute Gasteiger partial charge is 0.271 e. The minimum Gasteiger partial charge on any atom is -0.345 e. The van der Waals surface area contributed by atoms with Crippen LogP contribution in [0.1, 0.15) is 16.2 Å². The molecule has 3 heterocycles. The third-order valence-electron chi connectivity index (χ3n) is 2.69. The van der Waals surface area contributed by atoms with Gasteiger partial charge in [0.1, 0.15) is 10.7 Å². The maximum absolute atomic E-state index is 11.8. The van der Waals surface area contributed by atoms with Crippen LogP contribution in [0.25, 0.3) is 10.6 Å². The average molecular weight is 297 g/mol. The summed E-state index contributed by atoms with van der Waals surface area (Å²) in [7, 11) is 0. The topological polar surface area (TPSA) is 80.7 Å². The first-order chi connectivity index (χ1) is 10.3. The molecule has 7 heteroatoms. The Kier molecular flexibility index (Phi) is 3.92. The highest BCUT2D eigenvalue weighted by Gasteiger charge is 2.09. The Bertz CT molecular complexity index is 729. The SMILES string of the molecule is O=C(NCc1csc(-c2cccnc2)n1)c1cnccn1. The van der Waals surface area contributed by atoms with Crippen LogP contribution in [0.5, 0.6) is 0 Å². The van der Waals surface area contributed by atoms with Crippen LogP contribution in [0.15, 0.2) is 48.5 Å². The summed E-state index contributed by atoms with van der Waals surface area (Å²) in [6.45, 7) is 0.353. The molecule has 0 aliphatic heterocycles. The second-order valence-corrected chi connectivity index (χ2v) is 5.02. The minimum absolute atomic E-state index is 0.265. The fraction of sp³-hybridized carbons (Fsp3) is 0.0714. The largest absolute Gasteiger partial charge is 0.345 e. The number of thiazole rings is 1. The van der Waals surface area contributed by atoms with Gasteiger partial charge >= 0.3 is 0 Å². The van der Waals surface area contributed by atoms with Gasteiger partial charge in [0.15, 0.2) is 0 Å². The molecule has 0 saturated heterocycles. The first-order valence-corrected chi connectivity index (χ1v) is 7.10. The number of amides is 1. The van der Waals surface area contributed by atoms with Crippen molar-refractivity contribution in [3.05, 3.63) is 59.9 Å². The van der Waals surface area contributed by atoms with Gasteiger partial charge in [0.05, 0.1) is 18.4 Å². The van der Waals surface area contributed by atoms with Crippen LogP contribution in [0, 0.1) is 0 Å². The monoisotopic (exact) mass is 297 g/mol. The second-order valence-electron chi connectivity index (χ2n) is 4.16. The lowest BCUT2D eigenvalue weighted by molar-refractivity contribution is 0.0945. The van der Waals surface area contributed by atoms with E-state index in [0.717, 1.165) is 16.3 Å². The Balaban J connectivity index is 1.64. The quantitative estimate of drug-likeness (QED) is 0.795. The molecule has 0 unspecified atom stereocenters. The maximum atomic E-state index is 11.8. The summed E-state index contributed by atoms with van der Waals surface area (Å²) in [4.78, 5) is 28.2. The number of hydrogen-bond donors (Lipinski definition) is 1. The highest BCUT2D eigenvalue weighted by atomic mass is 32.1. The molecule has 0 spiro atoms. The normalized spacial score (nSPS) is 10.3. The standard InChI is InChI=1S/C14H11N5OS/c20-13(12-8-16-4-5-17-12)18-7-11-9-21-14(19-11)10-2-1-3-15-6-10/h1-6,8-9H,7H2,(H,18,20). The molecule has 0 bridgehead atoms. The van der Waals surface area contributed by atoms with Crippen molar-refractivity contribution < 1.29 is 4.79 Å². The molecule has 0 aliphatic rings. The first kappa shape index (κ1) is 13.3. The van der Waals surface area contributed by atoms with Crippen LogP contribution in [0.2, 0.25) is 0 Å². The van der Waals surface area contributed by atoms with E-state index in [-0.39, 0.29) is 5.91 Å². The molecule has 0 radical (unpaired) electrons. The van der Waals surface area contributed by atoms with E-state index in [1.54, 1.807) is 12.4 Å². The van der Waals surface area contributed by atoms with Gasteiger partial charge in [-0.15, -0.1) is 11.3 Å². The van der Waals surface area contributed by atoms with Gasteiger partial charge < -0.3 is 5.32 Å². The van der Waals surface area contributed by atoms with Crippen molar-refractivity contribution in [2.75, 3.05) is 0 Å². The highest BCUT2D eigenvalue weighted by molar-refractivity contribution is 7.13. The predicted molar refractivity (Wildman–Crippen MR) is 78.5 cm³/mol. The van der Waals surface area contributed by atoms with Crippen molar-refractivity contribution in [2.45, 2.75) is 6.54 Å². The van der Waals surface area contributed by atoms with Crippen molar-refractivity contribution in [1.82, 2.24) is 25.3 Å². The summed E-state index contributed by atoms with van der Waals surface area (Å²) in [6.07, 6.45) is 7.92. The molecule has 0 atom stereocenters. The lowest BCUT2D eigenvalue weighted by Gasteiger charge is -2.01. The zero-order valence-corrected chi connectivity index (χ0v) is 11.7. The second kappa shape index (κ2) is 6.19.